The lowest BCUT2D eigenvalue weighted by molar-refractivity contribution is -0.274. The number of H-pyrrole nitrogens is 1. The molecule has 2 heterocycles. The maximum atomic E-state index is 12.3. The van der Waals surface area contributed by atoms with E-state index in [0.717, 1.165) is 23.0 Å². The average molecular weight is 403 g/mol. The van der Waals surface area contributed by atoms with Crippen molar-refractivity contribution in [2.24, 2.45) is 0 Å². The minimum absolute atomic E-state index is 0.0465. The monoisotopic (exact) mass is 403 g/mol. The number of alkyl halides is 3. The van der Waals surface area contributed by atoms with Gasteiger partial charge in [-0.2, -0.15) is 4.98 Å². The molecule has 0 amide bonds. The van der Waals surface area contributed by atoms with Crippen molar-refractivity contribution in [3.63, 3.8) is 0 Å². The quantitative estimate of drug-likeness (QED) is 0.495. The van der Waals surface area contributed by atoms with Gasteiger partial charge in [0.05, 0.1) is 5.56 Å². The summed E-state index contributed by atoms with van der Waals surface area (Å²) >= 11 is 0. The molecule has 0 aliphatic carbocycles. The number of carbonyl (C=O) groups is 1. The van der Waals surface area contributed by atoms with E-state index in [1.54, 1.807) is 24.4 Å². The maximum Gasteiger partial charge on any atom is 0.573 e. The number of nitrogens with one attached hydrogen (secondary N) is 1. The fraction of sp³-hybridized carbons (Fsp3) is 0.105. The summed E-state index contributed by atoms with van der Waals surface area (Å²) in [6.45, 7) is -0.248. The number of ether oxygens (including phenoxy) is 2. The molecule has 0 aliphatic heterocycles. The van der Waals surface area contributed by atoms with Crippen molar-refractivity contribution in [1.29, 1.82) is 0 Å². The first-order valence-corrected chi connectivity index (χ1v) is 8.31. The molecule has 0 unspecified atom stereocenters. The van der Waals surface area contributed by atoms with E-state index in [2.05, 4.69) is 19.9 Å². The molecule has 0 atom stereocenters. The predicted molar refractivity (Wildman–Crippen MR) is 93.8 cm³/mol. The van der Waals surface area contributed by atoms with Crippen molar-refractivity contribution in [2.45, 2.75) is 13.0 Å². The summed E-state index contributed by atoms with van der Waals surface area (Å²) in [6.07, 6.45) is -3.05. The summed E-state index contributed by atoms with van der Waals surface area (Å²) in [5, 5.41) is 4.46. The van der Waals surface area contributed by atoms with Gasteiger partial charge in [-0.15, -0.1) is 13.2 Å². The van der Waals surface area contributed by atoms with E-state index in [1.165, 1.54) is 12.1 Å². The van der Waals surface area contributed by atoms with Gasteiger partial charge >= 0.3 is 12.3 Å². The standard InChI is InChI=1S/C19H12F3N3O4/c20-19(21,22)28-12-6-4-11(5-7-12)17-24-16(29-25-17)10-27-18(26)14-2-1-3-15-13(14)8-9-23-15/h1-9,23H,10H2. The lowest BCUT2D eigenvalue weighted by atomic mass is 10.1. The zero-order chi connectivity index (χ0) is 20.4. The van der Waals surface area contributed by atoms with Gasteiger partial charge in [0.15, 0.2) is 6.61 Å². The zero-order valence-corrected chi connectivity index (χ0v) is 14.6. The van der Waals surface area contributed by atoms with Crippen molar-refractivity contribution in [3.05, 3.63) is 66.2 Å². The number of benzene rings is 2. The molecule has 4 rings (SSSR count). The smallest absolute Gasteiger partial charge is 0.452 e. The second kappa shape index (κ2) is 7.30. The first-order chi connectivity index (χ1) is 13.9. The number of esters is 1. The van der Waals surface area contributed by atoms with Crippen LogP contribution in [-0.4, -0.2) is 27.5 Å². The fourth-order valence-corrected chi connectivity index (χ4v) is 2.70. The number of hydrogen-bond donors (Lipinski definition) is 1. The van der Waals surface area contributed by atoms with E-state index in [-0.39, 0.29) is 24.1 Å². The van der Waals surface area contributed by atoms with Crippen LogP contribution in [0.2, 0.25) is 0 Å². The highest BCUT2D eigenvalue weighted by Gasteiger charge is 2.31. The summed E-state index contributed by atoms with van der Waals surface area (Å²) < 4.78 is 50.7. The first kappa shape index (κ1) is 18.5. The molecule has 0 saturated carbocycles. The maximum absolute atomic E-state index is 12.3. The molecule has 0 spiro atoms. The summed E-state index contributed by atoms with van der Waals surface area (Å²) in [5.41, 5.74) is 1.61. The predicted octanol–water partition coefficient (Wildman–Crippen LogP) is 4.47. The highest BCUT2D eigenvalue weighted by Crippen LogP contribution is 2.25. The van der Waals surface area contributed by atoms with E-state index >= 15 is 0 Å². The Morgan fingerprint density at radius 1 is 1.10 bits per heavy atom. The van der Waals surface area contributed by atoms with Crippen molar-refractivity contribution in [3.8, 4) is 17.1 Å². The van der Waals surface area contributed by atoms with Gasteiger partial charge in [-0.05, 0) is 42.5 Å². The molecule has 0 saturated heterocycles. The Balaban J connectivity index is 1.42. The Morgan fingerprint density at radius 2 is 1.90 bits per heavy atom. The van der Waals surface area contributed by atoms with Crippen LogP contribution < -0.4 is 4.74 Å². The van der Waals surface area contributed by atoms with Gasteiger partial charge in [-0.1, -0.05) is 11.2 Å². The van der Waals surface area contributed by atoms with Gasteiger partial charge in [-0.25, -0.2) is 4.79 Å². The third-order valence-electron chi connectivity index (χ3n) is 3.96. The summed E-state index contributed by atoms with van der Waals surface area (Å²) in [4.78, 5) is 19.4. The number of aromatic amines is 1. The van der Waals surface area contributed by atoms with Gasteiger partial charge in [0.1, 0.15) is 5.75 Å². The first-order valence-electron chi connectivity index (χ1n) is 8.31. The SMILES string of the molecule is O=C(OCc1nc(-c2ccc(OC(F)(F)F)cc2)no1)c1cccc2[nH]ccc12. The van der Waals surface area contributed by atoms with E-state index < -0.39 is 12.3 Å². The molecule has 0 fully saturated rings. The average Bonchev–Trinajstić information content (AvgIpc) is 3.34. The number of aromatic nitrogens is 3. The van der Waals surface area contributed by atoms with Crippen LogP contribution in [0.1, 0.15) is 16.2 Å². The van der Waals surface area contributed by atoms with Gasteiger partial charge in [0.2, 0.25) is 5.82 Å². The second-order valence-corrected chi connectivity index (χ2v) is 5.90. The van der Waals surface area contributed by atoms with Crippen molar-refractivity contribution >= 4 is 16.9 Å². The Morgan fingerprint density at radius 3 is 2.66 bits per heavy atom. The second-order valence-electron chi connectivity index (χ2n) is 5.90. The molecular weight excluding hydrogens is 391 g/mol. The Kier molecular flexibility index (Phi) is 4.67. The van der Waals surface area contributed by atoms with E-state index in [0.29, 0.717) is 11.1 Å². The Bertz CT molecular complexity index is 1150. The number of rotatable bonds is 5. The molecule has 0 radical (unpaired) electrons. The van der Waals surface area contributed by atoms with Crippen LogP contribution in [0.5, 0.6) is 5.75 Å². The molecule has 2 aromatic heterocycles. The van der Waals surface area contributed by atoms with Crippen LogP contribution in [-0.2, 0) is 11.3 Å². The molecule has 0 bridgehead atoms. The molecule has 2 aromatic carbocycles. The minimum Gasteiger partial charge on any atom is -0.452 e. The van der Waals surface area contributed by atoms with Crippen LogP contribution in [0.15, 0.2) is 59.3 Å². The van der Waals surface area contributed by atoms with E-state index in [1.807, 2.05) is 6.07 Å². The molecule has 29 heavy (non-hydrogen) atoms. The Labute approximate surface area is 161 Å². The van der Waals surface area contributed by atoms with Gasteiger partial charge in [0.25, 0.3) is 5.89 Å². The number of fused-ring (bicyclic) bond motifs is 1. The number of hydrogen-bond acceptors (Lipinski definition) is 6. The van der Waals surface area contributed by atoms with Gasteiger partial charge < -0.3 is 19.0 Å². The van der Waals surface area contributed by atoms with Crippen molar-refractivity contribution < 1.29 is 32.0 Å². The van der Waals surface area contributed by atoms with E-state index in [4.69, 9.17) is 9.26 Å². The highest BCUT2D eigenvalue weighted by atomic mass is 19.4. The molecule has 148 valence electrons. The topological polar surface area (TPSA) is 90.2 Å². The molecule has 1 N–H and O–H groups in total. The third kappa shape index (κ3) is 4.21. The number of carbonyl (C=O) groups excluding carboxylic acids is 1. The molecule has 0 aliphatic rings. The normalized spacial score (nSPS) is 11.6. The summed E-state index contributed by atoms with van der Waals surface area (Å²) in [6, 6.07) is 12.0. The largest absolute Gasteiger partial charge is 0.573 e. The zero-order valence-electron chi connectivity index (χ0n) is 14.6. The van der Waals surface area contributed by atoms with Gasteiger partial charge in [-0.3, -0.25) is 0 Å². The van der Waals surface area contributed by atoms with Crippen molar-refractivity contribution in [1.82, 2.24) is 15.1 Å². The van der Waals surface area contributed by atoms with Gasteiger partial charge in [0, 0.05) is 22.7 Å². The van der Waals surface area contributed by atoms with Crippen molar-refractivity contribution in [2.75, 3.05) is 0 Å². The number of nitrogens with zero attached hydrogens (tertiary/aromatic N) is 2. The van der Waals surface area contributed by atoms with Crippen LogP contribution in [0.4, 0.5) is 13.2 Å². The fourth-order valence-electron chi connectivity index (χ4n) is 2.70. The van der Waals surface area contributed by atoms with E-state index in [9.17, 15) is 18.0 Å². The highest BCUT2D eigenvalue weighted by molar-refractivity contribution is 6.03. The summed E-state index contributed by atoms with van der Waals surface area (Å²) in [5.74, 6) is -0.728. The lowest BCUT2D eigenvalue weighted by Crippen LogP contribution is -2.16. The Hall–Kier alpha value is -3.82. The molecule has 4 aromatic rings. The van der Waals surface area contributed by atoms with Crippen LogP contribution in [0.25, 0.3) is 22.3 Å². The molecule has 10 heteroatoms. The lowest BCUT2D eigenvalue weighted by Gasteiger charge is -2.08. The third-order valence-corrected chi connectivity index (χ3v) is 3.96. The van der Waals surface area contributed by atoms with Crippen LogP contribution in [0.3, 0.4) is 0 Å². The summed E-state index contributed by atoms with van der Waals surface area (Å²) in [7, 11) is 0. The molecular formula is C19H12F3N3O4. The minimum atomic E-state index is -4.77. The molecule has 7 nitrogen and oxygen atoms in total. The van der Waals surface area contributed by atoms with Crippen LogP contribution >= 0.6 is 0 Å². The van der Waals surface area contributed by atoms with Crippen LogP contribution in [0, 0.1) is 0 Å². The number of halogens is 3.